The van der Waals surface area contributed by atoms with Crippen molar-refractivity contribution in [3.8, 4) is 0 Å². The summed E-state index contributed by atoms with van der Waals surface area (Å²) in [6, 6.07) is -6.60. The smallest absolute Gasteiger partial charge is 0.237 e. The van der Waals surface area contributed by atoms with E-state index in [9.17, 15) is 74.6 Å². The van der Waals surface area contributed by atoms with E-state index in [4.69, 9.17) is 0 Å². The maximum atomic E-state index is 14.1. The molecular formula is C17H16F17N2+. The number of rotatable bonds is 12. The van der Waals surface area contributed by atoms with Gasteiger partial charge >= 0.3 is 47.8 Å². The van der Waals surface area contributed by atoms with E-state index in [1.165, 1.54) is 0 Å². The molecule has 2 nitrogen and oxygen atoms in total. The van der Waals surface area contributed by atoms with Gasteiger partial charge in [0, 0.05) is 0 Å². The first kappa shape index (κ1) is 32.0. The van der Waals surface area contributed by atoms with E-state index in [1.807, 2.05) is 0 Å². The lowest BCUT2D eigenvalue weighted by molar-refractivity contribution is -0.697. The average molecular weight is 571 g/mol. The Bertz CT molecular complexity index is 884. The average Bonchev–Trinajstić information content (AvgIpc) is 3.19. The van der Waals surface area contributed by atoms with Crippen LogP contribution in [0.3, 0.4) is 0 Å². The van der Waals surface area contributed by atoms with Crippen LogP contribution in [0, 0.1) is 0 Å². The highest BCUT2D eigenvalue weighted by atomic mass is 19.4. The molecule has 0 fully saturated rings. The summed E-state index contributed by atoms with van der Waals surface area (Å²) < 4.78 is 226. The second kappa shape index (κ2) is 9.40. The summed E-state index contributed by atoms with van der Waals surface area (Å²) in [5.41, 5.74) is 0. The zero-order valence-electron chi connectivity index (χ0n) is 17.6. The maximum Gasteiger partial charge on any atom is 0.469 e. The van der Waals surface area contributed by atoms with Crippen molar-refractivity contribution in [2.45, 2.75) is 86.9 Å². The van der Waals surface area contributed by atoms with Gasteiger partial charge in [-0.25, -0.2) is 4.57 Å². The molecule has 0 amide bonds. The molecule has 1 heterocycles. The Morgan fingerprint density at radius 2 is 0.972 bits per heavy atom. The molecule has 1 aromatic rings. The topological polar surface area (TPSA) is 8.81 Å². The van der Waals surface area contributed by atoms with Crippen molar-refractivity contribution in [2.75, 3.05) is 0 Å². The Hall–Kier alpha value is -1.98. The highest BCUT2D eigenvalue weighted by Gasteiger charge is 2.96. The molecule has 0 aromatic carbocycles. The highest BCUT2D eigenvalue weighted by Crippen LogP contribution is 2.64. The predicted octanol–water partition coefficient (Wildman–Crippen LogP) is 7.28. The van der Waals surface area contributed by atoms with Gasteiger partial charge in [-0.15, -0.1) is 0 Å². The monoisotopic (exact) mass is 571 g/mol. The molecule has 0 atom stereocenters. The lowest BCUT2D eigenvalue weighted by atomic mass is 9.90. The molecule has 1 aromatic heterocycles. The lowest BCUT2D eigenvalue weighted by Crippen LogP contribution is -2.74. The number of halogens is 17. The van der Waals surface area contributed by atoms with Gasteiger partial charge in [0.15, 0.2) is 0 Å². The first-order valence-electron chi connectivity index (χ1n) is 9.58. The third-order valence-corrected chi connectivity index (χ3v) is 4.99. The van der Waals surface area contributed by atoms with Crippen LogP contribution >= 0.6 is 0 Å². The molecule has 212 valence electrons. The van der Waals surface area contributed by atoms with Gasteiger partial charge in [0.1, 0.15) is 12.4 Å². The molecule has 0 radical (unpaired) electrons. The van der Waals surface area contributed by atoms with Crippen LogP contribution in [0.25, 0.3) is 0 Å². The minimum Gasteiger partial charge on any atom is -0.237 e. The molecular weight excluding hydrogens is 555 g/mol. The molecule has 1 rings (SSSR count). The predicted molar refractivity (Wildman–Crippen MR) is 84.7 cm³/mol. The summed E-state index contributed by atoms with van der Waals surface area (Å²) in [5, 5.41) is 0. The van der Waals surface area contributed by atoms with E-state index in [-0.39, 0.29) is 25.5 Å². The van der Waals surface area contributed by atoms with Gasteiger partial charge in [0.2, 0.25) is 6.33 Å². The maximum absolute atomic E-state index is 14.1. The zero-order valence-corrected chi connectivity index (χ0v) is 17.6. The second-order valence-corrected chi connectivity index (χ2v) is 7.60. The number of unbranched alkanes of at least 4 members (excludes halogenated alkanes) is 3. The molecule has 0 bridgehead atoms. The number of hydrogen-bond donors (Lipinski definition) is 0. The molecule has 0 unspecified atom stereocenters. The largest absolute Gasteiger partial charge is 0.469 e. The van der Waals surface area contributed by atoms with Gasteiger partial charge in [0.25, 0.3) is 0 Å². The Morgan fingerprint density at radius 1 is 0.556 bits per heavy atom. The highest BCUT2D eigenvalue weighted by molar-refractivity contribution is 5.14. The number of hydrogen-bond acceptors (Lipinski definition) is 0. The molecule has 0 aliphatic rings. The molecule has 0 saturated heterocycles. The standard InChI is InChI=1S/C17H16F17N2/c1-2-3-4-5-6-35-7-8-36(9-35)17(33,34)15(28,29)13(24,25)11(20,21)10(18,19)12(22,23)14(26,27)16(30,31)32/h7-9H,2-6H2,1H3/q+1. The Balaban J connectivity index is 3.49. The number of alkyl halides is 17. The van der Waals surface area contributed by atoms with E-state index in [2.05, 4.69) is 0 Å². The summed E-state index contributed by atoms with van der Waals surface area (Å²) >= 11 is 0. The second-order valence-electron chi connectivity index (χ2n) is 7.60. The Kier molecular flexibility index (Phi) is 8.37. The summed E-state index contributed by atoms with van der Waals surface area (Å²) in [4.78, 5) is 0. The van der Waals surface area contributed by atoms with Gasteiger partial charge in [-0.2, -0.15) is 79.2 Å². The van der Waals surface area contributed by atoms with Crippen LogP contribution in [0.1, 0.15) is 32.6 Å². The quantitative estimate of drug-likeness (QED) is 0.142. The van der Waals surface area contributed by atoms with Crippen molar-refractivity contribution in [2.24, 2.45) is 0 Å². The van der Waals surface area contributed by atoms with Crippen LogP contribution in [-0.2, 0) is 12.6 Å². The van der Waals surface area contributed by atoms with Gasteiger partial charge < -0.3 is 0 Å². The fraction of sp³-hybridized carbons (Fsp3) is 0.824. The van der Waals surface area contributed by atoms with Crippen LogP contribution in [0.2, 0.25) is 0 Å². The lowest BCUT2D eigenvalue weighted by Gasteiger charge is -2.42. The van der Waals surface area contributed by atoms with Crippen LogP contribution < -0.4 is 4.57 Å². The molecule has 0 saturated carbocycles. The number of imidazole rings is 1. The molecule has 0 spiro atoms. The number of nitrogens with zero attached hydrogens (tertiary/aromatic N) is 2. The minimum atomic E-state index is -8.63. The Morgan fingerprint density at radius 3 is 1.39 bits per heavy atom. The fourth-order valence-electron chi connectivity index (χ4n) is 2.73. The number of aromatic nitrogens is 2. The zero-order chi connectivity index (χ0) is 28.8. The first-order valence-corrected chi connectivity index (χ1v) is 9.58. The van der Waals surface area contributed by atoms with E-state index in [1.54, 1.807) is 6.92 Å². The van der Waals surface area contributed by atoms with Crippen molar-refractivity contribution >= 4 is 0 Å². The third kappa shape index (κ3) is 4.58. The normalized spacial score (nSPS) is 15.5. The molecule has 19 heteroatoms. The van der Waals surface area contributed by atoms with Gasteiger partial charge in [-0.3, -0.25) is 0 Å². The first-order chi connectivity index (χ1) is 15.8. The van der Waals surface area contributed by atoms with Crippen molar-refractivity contribution in [3.63, 3.8) is 0 Å². The van der Waals surface area contributed by atoms with Crippen molar-refractivity contribution < 1.29 is 79.2 Å². The minimum absolute atomic E-state index is 0.0569. The fourth-order valence-corrected chi connectivity index (χ4v) is 2.73. The van der Waals surface area contributed by atoms with Gasteiger partial charge in [-0.05, 0) is 12.8 Å². The molecule has 0 N–H and O–H groups in total. The van der Waals surface area contributed by atoms with E-state index in [0.29, 0.717) is 30.0 Å². The van der Waals surface area contributed by atoms with Crippen molar-refractivity contribution in [1.82, 2.24) is 4.57 Å². The van der Waals surface area contributed by atoms with Crippen LogP contribution in [-0.4, -0.2) is 46.3 Å². The van der Waals surface area contributed by atoms with Crippen LogP contribution in [0.5, 0.6) is 0 Å². The van der Waals surface area contributed by atoms with E-state index < -0.39 is 52.3 Å². The van der Waals surface area contributed by atoms with E-state index >= 15 is 0 Å². The van der Waals surface area contributed by atoms with Crippen LogP contribution in [0.4, 0.5) is 74.6 Å². The molecule has 36 heavy (non-hydrogen) atoms. The Labute approximate surface area is 190 Å². The summed E-state index contributed by atoms with van der Waals surface area (Å²) in [6.07, 6.45) is -5.39. The SMILES string of the molecule is CCCCCC[n+]1ccn(C(F)(F)C(F)(F)C(F)(F)C(F)(F)C(F)(F)C(F)(F)C(F)(F)C(F)(F)F)c1. The molecule has 0 aliphatic carbocycles. The van der Waals surface area contributed by atoms with Gasteiger partial charge in [-0.1, -0.05) is 19.8 Å². The van der Waals surface area contributed by atoms with Crippen molar-refractivity contribution in [3.05, 3.63) is 18.7 Å². The number of aryl methyl sites for hydroxylation is 1. The van der Waals surface area contributed by atoms with Gasteiger partial charge in [0.05, 0.1) is 6.54 Å². The summed E-state index contributed by atoms with van der Waals surface area (Å²) in [6.45, 7) is 1.56. The summed E-state index contributed by atoms with van der Waals surface area (Å²) in [5.74, 6) is -49.9. The molecule has 0 aliphatic heterocycles. The van der Waals surface area contributed by atoms with Crippen molar-refractivity contribution in [1.29, 1.82) is 0 Å². The van der Waals surface area contributed by atoms with Crippen LogP contribution in [0.15, 0.2) is 18.7 Å². The van der Waals surface area contributed by atoms with E-state index in [0.717, 1.165) is 0 Å². The summed E-state index contributed by atoms with van der Waals surface area (Å²) in [7, 11) is 0. The third-order valence-electron chi connectivity index (χ3n) is 4.99.